The minimum Gasteiger partial charge on any atom is -0.324 e. The van der Waals surface area contributed by atoms with Crippen molar-refractivity contribution in [3.63, 3.8) is 0 Å². The van der Waals surface area contributed by atoms with E-state index >= 15 is 0 Å². The van der Waals surface area contributed by atoms with Crippen molar-refractivity contribution in [2.75, 3.05) is 0 Å². The van der Waals surface area contributed by atoms with Crippen LogP contribution in [-0.2, 0) is 6.54 Å². The van der Waals surface area contributed by atoms with Crippen LogP contribution in [0, 0.1) is 0 Å². The number of aryl methyl sites for hydroxylation is 1. The van der Waals surface area contributed by atoms with Gasteiger partial charge in [0.05, 0.1) is 11.9 Å². The van der Waals surface area contributed by atoms with Crippen molar-refractivity contribution in [1.82, 2.24) is 9.78 Å². The topological polar surface area (TPSA) is 43.8 Å². The molecule has 2 N–H and O–H groups in total. The minimum absolute atomic E-state index is 0.00973. The Morgan fingerprint density at radius 1 is 1.31 bits per heavy atom. The molecule has 0 saturated heterocycles. The summed E-state index contributed by atoms with van der Waals surface area (Å²) < 4.78 is 1.99. The number of nitrogens with two attached hydrogens (primary N) is 1. The molecule has 0 fully saturated rings. The van der Waals surface area contributed by atoms with Crippen molar-refractivity contribution >= 4 is 0 Å². The first kappa shape index (κ1) is 10.9. The van der Waals surface area contributed by atoms with E-state index in [1.165, 1.54) is 5.56 Å². The molecule has 1 atom stereocenters. The van der Waals surface area contributed by atoms with Crippen molar-refractivity contribution in [2.45, 2.75) is 26.4 Å². The maximum absolute atomic E-state index is 5.97. The van der Waals surface area contributed by atoms with Gasteiger partial charge in [-0.25, -0.2) is 0 Å². The fourth-order valence-corrected chi connectivity index (χ4v) is 1.88. The molecule has 1 aromatic carbocycles. The highest BCUT2D eigenvalue weighted by molar-refractivity contribution is 5.63. The zero-order valence-electron chi connectivity index (χ0n) is 9.72. The third-order valence-corrected chi connectivity index (χ3v) is 2.71. The van der Waals surface area contributed by atoms with Crippen LogP contribution in [-0.4, -0.2) is 9.78 Å². The molecule has 1 heterocycles. The summed E-state index contributed by atoms with van der Waals surface area (Å²) in [6.45, 7) is 4.94. The molecule has 1 aromatic heterocycles. The zero-order valence-corrected chi connectivity index (χ0v) is 9.72. The lowest BCUT2D eigenvalue weighted by molar-refractivity contribution is 0.666. The average molecular weight is 215 g/mol. The van der Waals surface area contributed by atoms with Crippen LogP contribution in [0.15, 0.2) is 36.5 Å². The van der Waals surface area contributed by atoms with Gasteiger partial charge in [-0.2, -0.15) is 5.10 Å². The van der Waals surface area contributed by atoms with Gasteiger partial charge in [0.2, 0.25) is 0 Å². The van der Waals surface area contributed by atoms with Gasteiger partial charge in [-0.3, -0.25) is 4.68 Å². The van der Waals surface area contributed by atoms with Crippen LogP contribution in [0.5, 0.6) is 0 Å². The number of hydrogen-bond acceptors (Lipinski definition) is 2. The molecular formula is C13H17N3. The fourth-order valence-electron chi connectivity index (χ4n) is 1.88. The van der Waals surface area contributed by atoms with Crippen molar-refractivity contribution in [1.29, 1.82) is 0 Å². The van der Waals surface area contributed by atoms with Crippen molar-refractivity contribution in [2.24, 2.45) is 5.73 Å². The Hall–Kier alpha value is -1.61. The second-order valence-corrected chi connectivity index (χ2v) is 3.92. The zero-order chi connectivity index (χ0) is 11.5. The molecule has 2 aromatic rings. The summed E-state index contributed by atoms with van der Waals surface area (Å²) in [5.41, 5.74) is 9.38. The van der Waals surface area contributed by atoms with E-state index in [4.69, 9.17) is 5.73 Å². The smallest absolute Gasteiger partial charge is 0.0729 e. The average Bonchev–Trinajstić information content (AvgIpc) is 2.73. The van der Waals surface area contributed by atoms with E-state index in [9.17, 15) is 0 Å². The van der Waals surface area contributed by atoms with Crippen LogP contribution in [0.3, 0.4) is 0 Å². The summed E-state index contributed by atoms with van der Waals surface area (Å²) in [6, 6.07) is 10.3. The second kappa shape index (κ2) is 4.49. The lowest BCUT2D eigenvalue weighted by atomic mass is 10.0. The highest BCUT2D eigenvalue weighted by Crippen LogP contribution is 2.26. The molecule has 2 rings (SSSR count). The van der Waals surface area contributed by atoms with Gasteiger partial charge in [-0.1, -0.05) is 30.3 Å². The number of aromatic nitrogens is 2. The first-order valence-corrected chi connectivity index (χ1v) is 5.60. The second-order valence-electron chi connectivity index (χ2n) is 3.92. The van der Waals surface area contributed by atoms with Gasteiger partial charge in [-0.15, -0.1) is 0 Å². The highest BCUT2D eigenvalue weighted by Gasteiger charge is 2.14. The molecule has 0 aliphatic rings. The molecule has 0 aliphatic heterocycles. The number of nitrogens with zero attached hydrogens (tertiary/aromatic N) is 2. The molecule has 0 spiro atoms. The van der Waals surface area contributed by atoms with Crippen LogP contribution in [0.1, 0.15) is 25.5 Å². The quantitative estimate of drug-likeness (QED) is 0.855. The third-order valence-electron chi connectivity index (χ3n) is 2.71. The number of hydrogen-bond donors (Lipinski definition) is 1. The SMILES string of the molecule is CCn1ncc(C(C)N)c1-c1ccccc1. The highest BCUT2D eigenvalue weighted by atomic mass is 15.3. The van der Waals surface area contributed by atoms with Gasteiger partial charge >= 0.3 is 0 Å². The Bertz CT molecular complexity index is 457. The summed E-state index contributed by atoms with van der Waals surface area (Å²) in [7, 11) is 0. The molecular weight excluding hydrogens is 198 g/mol. The normalized spacial score (nSPS) is 12.7. The van der Waals surface area contributed by atoms with E-state index in [2.05, 4.69) is 24.2 Å². The van der Waals surface area contributed by atoms with E-state index in [1.807, 2.05) is 36.0 Å². The molecule has 0 radical (unpaired) electrons. The van der Waals surface area contributed by atoms with Crippen LogP contribution in [0.25, 0.3) is 11.3 Å². The summed E-state index contributed by atoms with van der Waals surface area (Å²) in [5.74, 6) is 0. The van der Waals surface area contributed by atoms with Gasteiger partial charge in [0.1, 0.15) is 0 Å². The maximum atomic E-state index is 5.97. The van der Waals surface area contributed by atoms with Crippen LogP contribution in [0.4, 0.5) is 0 Å². The monoisotopic (exact) mass is 215 g/mol. The van der Waals surface area contributed by atoms with Gasteiger partial charge in [0.15, 0.2) is 0 Å². The Balaban J connectivity index is 2.57. The third kappa shape index (κ3) is 1.86. The van der Waals surface area contributed by atoms with E-state index in [1.54, 1.807) is 0 Å². The van der Waals surface area contributed by atoms with Crippen LogP contribution in [0.2, 0.25) is 0 Å². The predicted octanol–water partition coefficient (Wildman–Crippen LogP) is 2.59. The van der Waals surface area contributed by atoms with Gasteiger partial charge in [0.25, 0.3) is 0 Å². The Kier molecular flexibility index (Phi) is 3.06. The standard InChI is InChI=1S/C13H17N3/c1-3-16-13(11-7-5-4-6-8-11)12(9-15-16)10(2)14/h4-10H,3,14H2,1-2H3. The maximum Gasteiger partial charge on any atom is 0.0729 e. The predicted molar refractivity (Wildman–Crippen MR) is 65.9 cm³/mol. The molecule has 3 heteroatoms. The van der Waals surface area contributed by atoms with E-state index in [0.717, 1.165) is 17.8 Å². The molecule has 0 bridgehead atoms. The molecule has 0 aliphatic carbocycles. The molecule has 0 amide bonds. The fraction of sp³-hybridized carbons (Fsp3) is 0.308. The summed E-state index contributed by atoms with van der Waals surface area (Å²) in [5, 5.41) is 4.37. The Labute approximate surface area is 95.9 Å². The first-order chi connectivity index (χ1) is 7.74. The molecule has 1 unspecified atom stereocenters. The lowest BCUT2D eigenvalue weighted by Crippen LogP contribution is -2.07. The molecule has 84 valence electrons. The summed E-state index contributed by atoms with van der Waals surface area (Å²) in [4.78, 5) is 0. The molecule has 0 saturated carbocycles. The largest absolute Gasteiger partial charge is 0.324 e. The summed E-state index contributed by atoms with van der Waals surface area (Å²) >= 11 is 0. The van der Waals surface area contributed by atoms with E-state index in [-0.39, 0.29) is 6.04 Å². The molecule has 3 nitrogen and oxygen atoms in total. The van der Waals surface area contributed by atoms with Crippen molar-refractivity contribution in [3.05, 3.63) is 42.1 Å². The Morgan fingerprint density at radius 3 is 2.56 bits per heavy atom. The van der Waals surface area contributed by atoms with Gasteiger partial charge in [0, 0.05) is 23.7 Å². The van der Waals surface area contributed by atoms with Crippen molar-refractivity contribution in [3.8, 4) is 11.3 Å². The van der Waals surface area contributed by atoms with Crippen molar-refractivity contribution < 1.29 is 0 Å². The van der Waals surface area contributed by atoms with Crippen LogP contribution < -0.4 is 5.73 Å². The minimum atomic E-state index is 0.00973. The van der Waals surface area contributed by atoms with E-state index in [0.29, 0.717) is 0 Å². The number of benzene rings is 1. The summed E-state index contributed by atoms with van der Waals surface area (Å²) in [6.07, 6.45) is 1.87. The lowest BCUT2D eigenvalue weighted by Gasteiger charge is -2.10. The van der Waals surface area contributed by atoms with E-state index < -0.39 is 0 Å². The van der Waals surface area contributed by atoms with Gasteiger partial charge < -0.3 is 5.73 Å². The first-order valence-electron chi connectivity index (χ1n) is 5.60. The molecule has 16 heavy (non-hydrogen) atoms. The number of rotatable bonds is 3. The van der Waals surface area contributed by atoms with Gasteiger partial charge in [-0.05, 0) is 13.8 Å². The van der Waals surface area contributed by atoms with Crippen LogP contribution >= 0.6 is 0 Å². The Morgan fingerprint density at radius 2 is 2.00 bits per heavy atom.